The Hall–Kier alpha value is -8.27. The van der Waals surface area contributed by atoms with Crippen molar-refractivity contribution in [3.8, 4) is 78.5 Å². The first kappa shape index (κ1) is 35.5. The molecule has 1 spiro atoms. The van der Waals surface area contributed by atoms with E-state index in [-0.39, 0.29) is 0 Å². The maximum atomic E-state index is 5.53. The first-order valence-corrected chi connectivity index (χ1v) is 21.6. The average molecular weight is 800 g/mol. The van der Waals surface area contributed by atoms with E-state index in [1.54, 1.807) is 0 Å². The van der Waals surface area contributed by atoms with Crippen LogP contribution < -0.4 is 0 Å². The second kappa shape index (κ2) is 13.9. The van der Waals surface area contributed by atoms with Crippen molar-refractivity contribution in [2.24, 2.45) is 0 Å². The highest BCUT2D eigenvalue weighted by Crippen LogP contribution is 2.64. The number of rotatable bonds is 5. The van der Waals surface area contributed by atoms with Crippen molar-refractivity contribution in [2.45, 2.75) is 5.41 Å². The highest BCUT2D eigenvalue weighted by Gasteiger charge is 2.52. The summed E-state index contributed by atoms with van der Waals surface area (Å²) >= 11 is 0. The molecule has 0 aliphatic heterocycles. The first-order chi connectivity index (χ1) is 31.3. The molecule has 0 saturated carbocycles. The molecule has 0 saturated heterocycles. The maximum absolute atomic E-state index is 5.53. The summed E-state index contributed by atoms with van der Waals surface area (Å²) in [5, 5.41) is 3.51. The SMILES string of the molecule is c1ccc(-c2nc(-c3ccccc3)c(-c3cccc(-c4nc5ccccc5c5c6c(ccc45)C4(c5ccccc5-c5ccccc54)c4ccccc4-6)c3)c(-c3ccccc3)n2)cc1. The molecule has 0 fully saturated rings. The standard InChI is InChI=1S/C60H37N3/c1-4-19-38(20-5-1)57-53(58(39-21-6-2-7-22-39)63-59(62-57)40-23-8-3-9-24-40)41-25-18-26-42(37-41)56-47-35-36-51-55(54(47)46-30-13-17-34-52(46)61-56)45-29-12-16-33-50(45)60(51)48-31-14-10-27-43(48)44-28-11-15-32-49(44)60/h1-37H. The maximum Gasteiger partial charge on any atom is 0.160 e. The molecule has 63 heavy (non-hydrogen) atoms. The number of pyridine rings is 1. The Morgan fingerprint density at radius 2 is 0.778 bits per heavy atom. The molecular weight excluding hydrogens is 763 g/mol. The third-order valence-electron chi connectivity index (χ3n) is 13.3. The van der Waals surface area contributed by atoms with E-state index in [2.05, 4.69) is 206 Å². The van der Waals surface area contributed by atoms with Crippen molar-refractivity contribution in [1.29, 1.82) is 0 Å². The third-order valence-corrected chi connectivity index (χ3v) is 13.3. The molecule has 9 aromatic carbocycles. The zero-order valence-electron chi connectivity index (χ0n) is 34.2. The van der Waals surface area contributed by atoms with Crippen molar-refractivity contribution in [3.05, 3.63) is 247 Å². The van der Waals surface area contributed by atoms with Gasteiger partial charge in [0.1, 0.15) is 0 Å². The largest absolute Gasteiger partial charge is 0.247 e. The van der Waals surface area contributed by atoms with Crippen molar-refractivity contribution < 1.29 is 0 Å². The Bertz CT molecular complexity index is 3510. The second-order valence-electron chi connectivity index (χ2n) is 16.6. The molecule has 0 N–H and O–H groups in total. The Morgan fingerprint density at radius 3 is 1.41 bits per heavy atom. The molecule has 0 radical (unpaired) electrons. The van der Waals surface area contributed by atoms with Crippen LogP contribution in [0, 0.1) is 0 Å². The fourth-order valence-electron chi connectivity index (χ4n) is 10.7. The van der Waals surface area contributed by atoms with Gasteiger partial charge in [0.05, 0.1) is 28.0 Å². The third kappa shape index (κ3) is 5.17. The summed E-state index contributed by atoms with van der Waals surface area (Å²) in [6.45, 7) is 0. The molecule has 0 atom stereocenters. The van der Waals surface area contributed by atoms with Gasteiger partial charge in [0.15, 0.2) is 5.82 Å². The lowest BCUT2D eigenvalue weighted by molar-refractivity contribution is 0.794. The molecule has 3 nitrogen and oxygen atoms in total. The number of para-hydroxylation sites is 1. The van der Waals surface area contributed by atoms with Crippen LogP contribution in [0.3, 0.4) is 0 Å². The van der Waals surface area contributed by atoms with Crippen LogP contribution >= 0.6 is 0 Å². The fourth-order valence-corrected chi connectivity index (χ4v) is 10.7. The lowest BCUT2D eigenvalue weighted by Crippen LogP contribution is -2.25. The van der Waals surface area contributed by atoms with E-state index in [4.69, 9.17) is 15.0 Å². The summed E-state index contributed by atoms with van der Waals surface area (Å²) < 4.78 is 0. The molecular formula is C60H37N3. The highest BCUT2D eigenvalue weighted by molar-refractivity contribution is 6.20. The summed E-state index contributed by atoms with van der Waals surface area (Å²) in [6.07, 6.45) is 0. The molecule has 3 heteroatoms. The summed E-state index contributed by atoms with van der Waals surface area (Å²) in [6, 6.07) is 80.6. The van der Waals surface area contributed by atoms with Crippen molar-refractivity contribution in [1.82, 2.24) is 15.0 Å². The highest BCUT2D eigenvalue weighted by atomic mass is 14.9. The number of fused-ring (bicyclic) bond motifs is 14. The average Bonchev–Trinajstić information content (AvgIpc) is 3.84. The van der Waals surface area contributed by atoms with Gasteiger partial charge in [-0.15, -0.1) is 0 Å². The van der Waals surface area contributed by atoms with Gasteiger partial charge in [-0.1, -0.05) is 212 Å². The van der Waals surface area contributed by atoms with Crippen LogP contribution in [0.5, 0.6) is 0 Å². The van der Waals surface area contributed by atoms with E-state index >= 15 is 0 Å². The molecule has 13 rings (SSSR count). The van der Waals surface area contributed by atoms with Crippen LogP contribution in [-0.2, 0) is 5.41 Å². The lowest BCUT2D eigenvalue weighted by atomic mass is 9.70. The van der Waals surface area contributed by atoms with E-state index in [9.17, 15) is 0 Å². The summed E-state index contributed by atoms with van der Waals surface area (Å²) in [5.41, 5.74) is 19.8. The van der Waals surface area contributed by atoms with E-state index in [1.165, 1.54) is 49.9 Å². The molecule has 292 valence electrons. The molecule has 0 bridgehead atoms. The minimum Gasteiger partial charge on any atom is -0.247 e. The van der Waals surface area contributed by atoms with Crippen molar-refractivity contribution >= 4 is 21.7 Å². The predicted octanol–water partition coefficient (Wildman–Crippen LogP) is 14.9. The Balaban J connectivity index is 1.09. The van der Waals surface area contributed by atoms with Crippen LogP contribution in [0.25, 0.3) is 100 Å². The molecule has 2 heterocycles. The zero-order chi connectivity index (χ0) is 41.5. The summed E-state index contributed by atoms with van der Waals surface area (Å²) in [4.78, 5) is 16.3. The van der Waals surface area contributed by atoms with Gasteiger partial charge in [-0.25, -0.2) is 15.0 Å². The van der Waals surface area contributed by atoms with E-state index < -0.39 is 5.41 Å². The minimum absolute atomic E-state index is 0.439. The normalized spacial score (nSPS) is 12.9. The smallest absolute Gasteiger partial charge is 0.160 e. The van der Waals surface area contributed by atoms with Gasteiger partial charge in [-0.2, -0.15) is 0 Å². The molecule has 11 aromatic rings. The lowest BCUT2D eigenvalue weighted by Gasteiger charge is -2.30. The van der Waals surface area contributed by atoms with E-state index in [0.717, 1.165) is 66.8 Å². The van der Waals surface area contributed by atoms with Gasteiger partial charge >= 0.3 is 0 Å². The van der Waals surface area contributed by atoms with Crippen molar-refractivity contribution in [2.75, 3.05) is 0 Å². The number of benzene rings is 9. The van der Waals surface area contributed by atoms with Crippen LogP contribution in [0.2, 0.25) is 0 Å². The molecule has 2 aliphatic carbocycles. The topological polar surface area (TPSA) is 38.7 Å². The first-order valence-electron chi connectivity index (χ1n) is 21.6. The van der Waals surface area contributed by atoms with Gasteiger partial charge in [-0.3, -0.25) is 0 Å². The van der Waals surface area contributed by atoms with Crippen LogP contribution in [-0.4, -0.2) is 15.0 Å². The molecule has 2 aromatic heterocycles. The number of aromatic nitrogens is 3. The van der Waals surface area contributed by atoms with Gasteiger partial charge in [0.25, 0.3) is 0 Å². The number of hydrogen-bond donors (Lipinski definition) is 0. The number of hydrogen-bond acceptors (Lipinski definition) is 3. The quantitative estimate of drug-likeness (QED) is 0.163. The molecule has 0 amide bonds. The monoisotopic (exact) mass is 799 g/mol. The minimum atomic E-state index is -0.439. The van der Waals surface area contributed by atoms with Gasteiger partial charge in [0, 0.05) is 44.0 Å². The van der Waals surface area contributed by atoms with Gasteiger partial charge in [0.2, 0.25) is 0 Å². The Kier molecular flexibility index (Phi) is 7.82. The van der Waals surface area contributed by atoms with Gasteiger partial charge < -0.3 is 0 Å². The van der Waals surface area contributed by atoms with E-state index in [1.807, 2.05) is 18.2 Å². The molecule has 2 aliphatic rings. The predicted molar refractivity (Wildman–Crippen MR) is 258 cm³/mol. The van der Waals surface area contributed by atoms with E-state index in [0.29, 0.717) is 5.82 Å². The summed E-state index contributed by atoms with van der Waals surface area (Å²) in [5.74, 6) is 0.690. The van der Waals surface area contributed by atoms with Crippen LogP contribution in [0.1, 0.15) is 22.3 Å². The van der Waals surface area contributed by atoms with Gasteiger partial charge in [-0.05, 0) is 62.2 Å². The van der Waals surface area contributed by atoms with Crippen LogP contribution in [0.4, 0.5) is 0 Å². The Labute approximate surface area is 365 Å². The summed E-state index contributed by atoms with van der Waals surface area (Å²) in [7, 11) is 0. The second-order valence-corrected chi connectivity index (χ2v) is 16.6. The van der Waals surface area contributed by atoms with Crippen LogP contribution in [0.15, 0.2) is 224 Å². The number of nitrogens with zero attached hydrogens (tertiary/aromatic N) is 3. The molecule has 0 unspecified atom stereocenters. The Morgan fingerprint density at radius 1 is 0.286 bits per heavy atom. The van der Waals surface area contributed by atoms with Crippen molar-refractivity contribution in [3.63, 3.8) is 0 Å². The zero-order valence-corrected chi connectivity index (χ0v) is 34.2. The fraction of sp³-hybridized carbons (Fsp3) is 0.0167.